The Morgan fingerprint density at radius 1 is 0.606 bits per heavy atom. The molecule has 0 aromatic rings. The van der Waals surface area contributed by atoms with Crippen LogP contribution >= 0.6 is 0 Å². The van der Waals surface area contributed by atoms with Crippen molar-refractivity contribution in [3.8, 4) is 0 Å². The van der Waals surface area contributed by atoms with Crippen LogP contribution in [0.1, 0.15) is 119 Å². The van der Waals surface area contributed by atoms with E-state index < -0.39 is 0 Å². The van der Waals surface area contributed by atoms with Crippen molar-refractivity contribution in [3.05, 3.63) is 12.3 Å². The van der Waals surface area contributed by atoms with Crippen molar-refractivity contribution >= 4 is 11.8 Å². The third-order valence-corrected chi connectivity index (χ3v) is 7.61. The highest BCUT2D eigenvalue weighted by molar-refractivity contribution is 5.77. The zero-order valence-electron chi connectivity index (χ0n) is 22.7. The average Bonchev–Trinajstić information content (AvgIpc) is 3.14. The molecule has 2 amide bonds. The van der Waals surface area contributed by atoms with Crippen molar-refractivity contribution in [2.45, 2.75) is 137 Å². The molecule has 33 heavy (non-hydrogen) atoms. The molecule has 0 saturated carbocycles. The van der Waals surface area contributed by atoms with E-state index in [0.717, 1.165) is 51.6 Å². The van der Waals surface area contributed by atoms with Crippen LogP contribution in [0.2, 0.25) is 0 Å². The molecule has 0 aliphatic carbocycles. The molecule has 3 rings (SSSR count). The van der Waals surface area contributed by atoms with Gasteiger partial charge in [-0.1, -0.05) is 33.8 Å². The van der Waals surface area contributed by atoms with Crippen LogP contribution in [0.5, 0.6) is 0 Å². The van der Waals surface area contributed by atoms with Gasteiger partial charge in [0.05, 0.1) is 0 Å². The second-order valence-electron chi connectivity index (χ2n) is 10.1. The van der Waals surface area contributed by atoms with E-state index in [-0.39, 0.29) is 0 Å². The van der Waals surface area contributed by atoms with Crippen LogP contribution in [-0.2, 0) is 9.59 Å². The molecule has 3 aliphatic rings. The van der Waals surface area contributed by atoms with Crippen LogP contribution < -0.4 is 0 Å². The van der Waals surface area contributed by atoms with Crippen LogP contribution in [0.15, 0.2) is 12.3 Å². The number of rotatable bonds is 6. The maximum Gasteiger partial charge on any atom is 0.222 e. The fourth-order valence-corrected chi connectivity index (χ4v) is 4.71. The maximum atomic E-state index is 11.5. The van der Waals surface area contributed by atoms with Crippen LogP contribution in [0.4, 0.5) is 0 Å². The molecule has 3 aliphatic heterocycles. The Morgan fingerprint density at radius 3 is 1.42 bits per heavy atom. The maximum absolute atomic E-state index is 11.5. The summed E-state index contributed by atoms with van der Waals surface area (Å²) >= 11 is 0. The molecule has 3 unspecified atom stereocenters. The van der Waals surface area contributed by atoms with Gasteiger partial charge in [0.2, 0.25) is 11.8 Å². The lowest BCUT2D eigenvalue weighted by atomic mass is 10.1. The van der Waals surface area contributed by atoms with Crippen LogP contribution in [0, 0.1) is 0 Å². The summed E-state index contributed by atoms with van der Waals surface area (Å²) in [5.74, 6) is 0.715. The molecule has 0 bridgehead atoms. The number of nitrogens with zero attached hydrogens (tertiary/aromatic N) is 3. The number of allylic oxidation sites excluding steroid dienone is 1. The molecular formula is C28H53N3O2. The fourth-order valence-electron chi connectivity index (χ4n) is 4.71. The second-order valence-corrected chi connectivity index (χ2v) is 10.1. The highest BCUT2D eigenvalue weighted by Crippen LogP contribution is 2.22. The first kappa shape index (κ1) is 29.5. The number of hydrogen-bond donors (Lipinski definition) is 0. The van der Waals surface area contributed by atoms with Gasteiger partial charge in [0.25, 0.3) is 0 Å². The van der Waals surface area contributed by atoms with E-state index in [1.807, 2.05) is 9.80 Å². The topological polar surface area (TPSA) is 43.9 Å². The SMILES string of the molecule is C=C1CCCN1C(C)CC.CCC(C)N1CCCCC1=O.CCC(C)N1CCCCCC1=O. The molecule has 5 nitrogen and oxygen atoms in total. The molecule has 3 atom stereocenters. The minimum atomic E-state index is 0.352. The van der Waals surface area contributed by atoms with Crippen molar-refractivity contribution in [1.82, 2.24) is 14.7 Å². The van der Waals surface area contributed by atoms with Gasteiger partial charge in [-0.05, 0) is 78.6 Å². The van der Waals surface area contributed by atoms with Gasteiger partial charge in [0.15, 0.2) is 0 Å². The normalized spacial score (nSPS) is 22.0. The Kier molecular flexibility index (Phi) is 14.5. The minimum Gasteiger partial charge on any atom is -0.373 e. The first-order valence-electron chi connectivity index (χ1n) is 13.8. The minimum absolute atomic E-state index is 0.352. The number of piperidine rings is 1. The summed E-state index contributed by atoms with van der Waals surface area (Å²) in [6.45, 7) is 20.3. The third-order valence-electron chi connectivity index (χ3n) is 7.61. The van der Waals surface area contributed by atoms with Crippen molar-refractivity contribution in [2.24, 2.45) is 0 Å². The third kappa shape index (κ3) is 10.1. The molecule has 0 radical (unpaired) electrons. The van der Waals surface area contributed by atoms with Gasteiger partial charge in [-0.2, -0.15) is 0 Å². The number of likely N-dealkylation sites (tertiary alicyclic amines) is 3. The highest BCUT2D eigenvalue weighted by atomic mass is 16.2. The summed E-state index contributed by atoms with van der Waals surface area (Å²) < 4.78 is 0. The van der Waals surface area contributed by atoms with Gasteiger partial charge in [0, 0.05) is 56.3 Å². The molecule has 3 saturated heterocycles. The number of carbonyl (C=O) groups excluding carboxylic acids is 2. The van der Waals surface area contributed by atoms with Crippen molar-refractivity contribution in [2.75, 3.05) is 19.6 Å². The molecule has 3 heterocycles. The standard InChI is InChI=1S/C10H19NO.C9H17NO.C9H17N/c1-3-9(2)11-8-6-4-5-7-10(11)12;1-3-8(2)10-7-5-4-6-9(10)11;1-4-8(2)10-7-5-6-9(10)3/h9H,3-8H2,1-2H3;8H,3-7H2,1-2H3;8H,3-7H2,1-2H3. The predicted octanol–water partition coefficient (Wildman–Crippen LogP) is 6.38. The van der Waals surface area contributed by atoms with Gasteiger partial charge >= 0.3 is 0 Å². The van der Waals surface area contributed by atoms with E-state index >= 15 is 0 Å². The van der Waals surface area contributed by atoms with Crippen molar-refractivity contribution < 1.29 is 9.59 Å². The first-order valence-corrected chi connectivity index (χ1v) is 13.8. The number of amides is 2. The zero-order valence-corrected chi connectivity index (χ0v) is 22.7. The average molecular weight is 464 g/mol. The molecule has 192 valence electrons. The summed E-state index contributed by atoms with van der Waals surface area (Å²) in [5.41, 5.74) is 1.34. The zero-order chi connectivity index (χ0) is 24.8. The fraction of sp³-hybridized carbons (Fsp3) is 0.857. The van der Waals surface area contributed by atoms with Crippen molar-refractivity contribution in [1.29, 1.82) is 0 Å². The Bertz CT molecular complexity index is 592. The monoisotopic (exact) mass is 463 g/mol. The molecule has 0 N–H and O–H groups in total. The lowest BCUT2D eigenvalue weighted by Gasteiger charge is -2.31. The molecular weight excluding hydrogens is 410 g/mol. The summed E-state index contributed by atoms with van der Waals surface area (Å²) in [7, 11) is 0. The highest BCUT2D eigenvalue weighted by Gasteiger charge is 2.22. The Balaban J connectivity index is 0.000000249. The Hall–Kier alpha value is -1.52. The molecule has 3 fully saturated rings. The number of carbonyl (C=O) groups is 2. The van der Waals surface area contributed by atoms with E-state index in [1.54, 1.807) is 0 Å². The van der Waals surface area contributed by atoms with Crippen molar-refractivity contribution in [3.63, 3.8) is 0 Å². The summed E-state index contributed by atoms with van der Waals surface area (Å²) in [4.78, 5) is 29.4. The van der Waals surface area contributed by atoms with Gasteiger partial charge in [-0.3, -0.25) is 9.59 Å². The molecule has 0 aromatic heterocycles. The lowest BCUT2D eigenvalue weighted by molar-refractivity contribution is -0.135. The second kappa shape index (κ2) is 16.2. The van der Waals surface area contributed by atoms with Crippen LogP contribution in [-0.4, -0.2) is 64.3 Å². The lowest BCUT2D eigenvalue weighted by Crippen LogP contribution is -2.41. The molecule has 0 aromatic carbocycles. The quantitative estimate of drug-likeness (QED) is 0.459. The number of hydrogen-bond acceptors (Lipinski definition) is 3. The van der Waals surface area contributed by atoms with E-state index in [1.165, 1.54) is 50.8 Å². The Morgan fingerprint density at radius 2 is 1.00 bits per heavy atom. The molecule has 0 spiro atoms. The van der Waals surface area contributed by atoms with Gasteiger partial charge in [0.1, 0.15) is 0 Å². The summed E-state index contributed by atoms with van der Waals surface area (Å²) in [6.07, 6.45) is 13.2. The van der Waals surface area contributed by atoms with E-state index in [4.69, 9.17) is 0 Å². The van der Waals surface area contributed by atoms with E-state index in [9.17, 15) is 9.59 Å². The van der Waals surface area contributed by atoms with Crippen LogP contribution in [0.25, 0.3) is 0 Å². The molecule has 5 heteroatoms. The van der Waals surface area contributed by atoms with Gasteiger partial charge in [-0.15, -0.1) is 0 Å². The van der Waals surface area contributed by atoms with E-state index in [0.29, 0.717) is 29.9 Å². The van der Waals surface area contributed by atoms with Gasteiger partial charge < -0.3 is 14.7 Å². The van der Waals surface area contributed by atoms with Gasteiger partial charge in [-0.25, -0.2) is 0 Å². The summed E-state index contributed by atoms with van der Waals surface area (Å²) in [5, 5.41) is 0. The predicted molar refractivity (Wildman–Crippen MR) is 140 cm³/mol. The summed E-state index contributed by atoms with van der Waals surface area (Å²) in [6, 6.07) is 1.59. The van der Waals surface area contributed by atoms with Crippen LogP contribution in [0.3, 0.4) is 0 Å². The smallest absolute Gasteiger partial charge is 0.222 e. The first-order chi connectivity index (χ1) is 15.8. The van der Waals surface area contributed by atoms with E-state index in [2.05, 4.69) is 53.0 Å². The Labute approximate surface area is 204 Å². The largest absolute Gasteiger partial charge is 0.373 e.